The third-order valence-corrected chi connectivity index (χ3v) is 4.04. The number of hydrogen-bond acceptors (Lipinski definition) is 5. The van der Waals surface area contributed by atoms with Gasteiger partial charge in [0.1, 0.15) is 23.7 Å². The van der Waals surface area contributed by atoms with Gasteiger partial charge >= 0.3 is 0 Å². The van der Waals surface area contributed by atoms with Gasteiger partial charge in [-0.05, 0) is 30.3 Å². The Morgan fingerprint density at radius 3 is 2.68 bits per heavy atom. The summed E-state index contributed by atoms with van der Waals surface area (Å²) in [6.45, 7) is -0.0645. The van der Waals surface area contributed by atoms with Gasteiger partial charge in [0.25, 0.3) is 5.91 Å². The van der Waals surface area contributed by atoms with Crippen LogP contribution in [-0.2, 0) is 16.6 Å². The van der Waals surface area contributed by atoms with Crippen LogP contribution in [0.15, 0.2) is 42.6 Å². The number of nitrogens with one attached hydrogen (secondary N) is 3. The van der Waals surface area contributed by atoms with E-state index in [-0.39, 0.29) is 18.4 Å². The number of aromatic amines is 1. The topological polar surface area (TPSA) is 110 Å². The van der Waals surface area contributed by atoms with E-state index in [9.17, 15) is 9.59 Å². The summed E-state index contributed by atoms with van der Waals surface area (Å²) in [5.41, 5.74) is 2.89. The average Bonchev–Trinajstić information content (AvgIpc) is 3.32. The first-order valence-electron chi connectivity index (χ1n) is 8.47. The van der Waals surface area contributed by atoms with Crippen LogP contribution in [0.1, 0.15) is 10.5 Å². The van der Waals surface area contributed by atoms with Crippen molar-refractivity contribution in [2.24, 2.45) is 7.05 Å². The van der Waals surface area contributed by atoms with Crippen molar-refractivity contribution in [2.75, 3.05) is 31.5 Å². The Morgan fingerprint density at radius 2 is 2.00 bits per heavy atom. The number of carbonyl (C=O) groups is 2. The van der Waals surface area contributed by atoms with E-state index in [0.29, 0.717) is 28.5 Å². The fourth-order valence-electron chi connectivity index (χ4n) is 2.68. The van der Waals surface area contributed by atoms with Crippen LogP contribution in [0.4, 0.5) is 11.4 Å². The zero-order valence-electron chi connectivity index (χ0n) is 15.8. The van der Waals surface area contributed by atoms with Crippen LogP contribution in [0.3, 0.4) is 0 Å². The maximum absolute atomic E-state index is 12.5. The fourth-order valence-corrected chi connectivity index (χ4v) is 2.68. The predicted molar refractivity (Wildman–Crippen MR) is 104 cm³/mol. The van der Waals surface area contributed by atoms with Crippen LogP contribution in [0.2, 0.25) is 0 Å². The molecule has 0 radical (unpaired) electrons. The summed E-state index contributed by atoms with van der Waals surface area (Å²) in [7, 11) is 4.82. The van der Waals surface area contributed by atoms with Gasteiger partial charge in [0, 0.05) is 32.1 Å². The summed E-state index contributed by atoms with van der Waals surface area (Å²) in [6.07, 6.45) is 1.91. The molecule has 1 aromatic carbocycles. The monoisotopic (exact) mass is 383 g/mol. The predicted octanol–water partition coefficient (Wildman–Crippen LogP) is 2.26. The Balaban J connectivity index is 1.73. The molecule has 0 atom stereocenters. The number of carbonyl (C=O) groups excluding carboxylic acids is 2. The Labute approximate surface area is 161 Å². The molecule has 0 saturated heterocycles. The molecule has 0 saturated carbocycles. The lowest BCUT2D eigenvalue weighted by Crippen LogP contribution is -2.18. The molecule has 28 heavy (non-hydrogen) atoms. The maximum atomic E-state index is 12.5. The summed E-state index contributed by atoms with van der Waals surface area (Å²) >= 11 is 0. The molecule has 2 amide bonds. The second-order valence-electron chi connectivity index (χ2n) is 6.02. The molecule has 0 aliphatic rings. The van der Waals surface area contributed by atoms with Crippen molar-refractivity contribution in [3.8, 4) is 17.1 Å². The lowest BCUT2D eigenvalue weighted by atomic mass is 10.2. The zero-order chi connectivity index (χ0) is 20.1. The van der Waals surface area contributed by atoms with Crippen molar-refractivity contribution in [2.45, 2.75) is 0 Å². The van der Waals surface area contributed by atoms with Gasteiger partial charge in [0.2, 0.25) is 5.91 Å². The van der Waals surface area contributed by atoms with Gasteiger partial charge in [-0.15, -0.1) is 0 Å². The molecule has 3 rings (SSSR count). The van der Waals surface area contributed by atoms with Crippen LogP contribution in [-0.4, -0.2) is 47.4 Å². The zero-order valence-corrected chi connectivity index (χ0v) is 15.8. The molecule has 2 heterocycles. The van der Waals surface area contributed by atoms with Gasteiger partial charge in [-0.1, -0.05) is 0 Å². The van der Waals surface area contributed by atoms with E-state index in [1.54, 1.807) is 24.3 Å². The van der Waals surface area contributed by atoms with E-state index in [2.05, 4.69) is 20.8 Å². The van der Waals surface area contributed by atoms with E-state index in [1.165, 1.54) is 14.2 Å². The van der Waals surface area contributed by atoms with E-state index < -0.39 is 0 Å². The van der Waals surface area contributed by atoms with Crippen LogP contribution < -0.4 is 15.4 Å². The number of aromatic nitrogens is 3. The Morgan fingerprint density at radius 1 is 1.18 bits per heavy atom. The summed E-state index contributed by atoms with van der Waals surface area (Å²) < 4.78 is 12.0. The molecule has 0 spiro atoms. The lowest BCUT2D eigenvalue weighted by molar-refractivity contribution is -0.119. The molecule has 2 aromatic heterocycles. The Kier molecular flexibility index (Phi) is 5.75. The maximum Gasteiger partial charge on any atom is 0.273 e. The minimum absolute atomic E-state index is 0.0645. The SMILES string of the molecule is COCC(=O)Nc1ccc(NC(=O)c2cc(-c3cccn3C)n[nH]2)cc1OC. The second kappa shape index (κ2) is 8.40. The Hall–Kier alpha value is -3.59. The van der Waals surface area contributed by atoms with Crippen molar-refractivity contribution >= 4 is 23.2 Å². The molecule has 0 fully saturated rings. The quantitative estimate of drug-likeness (QED) is 0.580. The van der Waals surface area contributed by atoms with Gasteiger partial charge in [-0.25, -0.2) is 0 Å². The van der Waals surface area contributed by atoms with Crippen molar-refractivity contribution in [3.05, 3.63) is 48.3 Å². The van der Waals surface area contributed by atoms with Crippen LogP contribution in [0, 0.1) is 0 Å². The fraction of sp³-hybridized carbons (Fsp3) is 0.211. The smallest absolute Gasteiger partial charge is 0.273 e. The normalized spacial score (nSPS) is 10.5. The van der Waals surface area contributed by atoms with E-state index in [0.717, 1.165) is 5.69 Å². The number of methoxy groups -OCH3 is 2. The number of H-pyrrole nitrogens is 1. The van der Waals surface area contributed by atoms with Crippen molar-refractivity contribution in [1.82, 2.24) is 14.8 Å². The third-order valence-electron chi connectivity index (χ3n) is 4.04. The first-order valence-corrected chi connectivity index (χ1v) is 8.47. The number of hydrogen-bond donors (Lipinski definition) is 3. The van der Waals surface area contributed by atoms with Crippen LogP contribution in [0.25, 0.3) is 11.4 Å². The van der Waals surface area contributed by atoms with Crippen molar-refractivity contribution in [3.63, 3.8) is 0 Å². The second-order valence-corrected chi connectivity index (χ2v) is 6.02. The van der Waals surface area contributed by atoms with Gasteiger partial charge in [-0.2, -0.15) is 5.10 Å². The first kappa shape index (κ1) is 19.2. The number of amides is 2. The number of benzene rings is 1. The molecule has 0 aliphatic carbocycles. The van der Waals surface area contributed by atoms with Crippen LogP contribution >= 0.6 is 0 Å². The minimum atomic E-state index is -0.341. The third kappa shape index (κ3) is 4.21. The molecule has 0 aliphatic heterocycles. The van der Waals surface area contributed by atoms with E-state index >= 15 is 0 Å². The largest absolute Gasteiger partial charge is 0.494 e. The molecule has 9 nitrogen and oxygen atoms in total. The number of rotatable bonds is 7. The number of nitrogens with zero attached hydrogens (tertiary/aromatic N) is 2. The van der Waals surface area contributed by atoms with Crippen molar-refractivity contribution in [1.29, 1.82) is 0 Å². The van der Waals surface area contributed by atoms with E-state index in [1.807, 2.05) is 29.9 Å². The minimum Gasteiger partial charge on any atom is -0.494 e. The lowest BCUT2D eigenvalue weighted by Gasteiger charge is -2.12. The highest BCUT2D eigenvalue weighted by atomic mass is 16.5. The van der Waals surface area contributed by atoms with E-state index in [4.69, 9.17) is 9.47 Å². The molecule has 146 valence electrons. The van der Waals surface area contributed by atoms with Crippen LogP contribution in [0.5, 0.6) is 5.75 Å². The first-order chi connectivity index (χ1) is 13.5. The molecule has 9 heteroatoms. The van der Waals surface area contributed by atoms with Gasteiger partial charge in [0.15, 0.2) is 0 Å². The number of aryl methyl sites for hydroxylation is 1. The molecule has 3 N–H and O–H groups in total. The standard InChI is InChI=1S/C19H21N5O4/c1-24-8-4-5-16(24)14-10-15(23-22-14)19(26)20-12-6-7-13(17(9-12)28-3)21-18(25)11-27-2/h4-10H,11H2,1-3H3,(H,20,26)(H,21,25)(H,22,23). The van der Waals surface area contributed by atoms with Gasteiger partial charge in [-0.3, -0.25) is 14.7 Å². The summed E-state index contributed by atoms with van der Waals surface area (Å²) in [4.78, 5) is 24.2. The summed E-state index contributed by atoms with van der Waals surface area (Å²) in [6, 6.07) is 10.4. The number of anilines is 2. The highest BCUT2D eigenvalue weighted by Gasteiger charge is 2.14. The summed E-state index contributed by atoms with van der Waals surface area (Å²) in [5.74, 6) is -0.231. The van der Waals surface area contributed by atoms with Gasteiger partial charge in [0.05, 0.1) is 18.5 Å². The Bertz CT molecular complexity index is 992. The summed E-state index contributed by atoms with van der Waals surface area (Å²) in [5, 5.41) is 12.4. The highest BCUT2D eigenvalue weighted by molar-refractivity contribution is 6.04. The van der Waals surface area contributed by atoms with Gasteiger partial charge < -0.3 is 24.7 Å². The number of ether oxygens (including phenoxy) is 2. The molecule has 0 unspecified atom stereocenters. The molecule has 3 aromatic rings. The molecular weight excluding hydrogens is 362 g/mol. The average molecular weight is 383 g/mol. The highest BCUT2D eigenvalue weighted by Crippen LogP contribution is 2.28. The molecular formula is C19H21N5O4. The molecule has 0 bridgehead atoms. The van der Waals surface area contributed by atoms with Crippen molar-refractivity contribution < 1.29 is 19.1 Å².